The topological polar surface area (TPSA) is 41.1 Å². The van der Waals surface area contributed by atoms with Gasteiger partial charge in [0, 0.05) is 13.1 Å². The van der Waals surface area contributed by atoms with Crippen LogP contribution in [0.1, 0.15) is 53.4 Å². The minimum absolute atomic E-state index is 0.0395. The Bertz CT molecular complexity index is 261. The van der Waals surface area contributed by atoms with Crippen molar-refractivity contribution in [3.63, 3.8) is 0 Å². The number of carbonyl (C=O) groups is 1. The SMILES string of the molecule is CNC(=O)C(CC(C)C)NC1CCCC1(C)C. The average molecular weight is 240 g/mol. The molecule has 2 N–H and O–H groups in total. The highest BCUT2D eigenvalue weighted by atomic mass is 16.2. The molecule has 1 rings (SSSR count). The van der Waals surface area contributed by atoms with Crippen LogP contribution in [0.15, 0.2) is 0 Å². The molecule has 1 aliphatic rings. The van der Waals surface area contributed by atoms with Gasteiger partial charge in [-0.05, 0) is 30.6 Å². The summed E-state index contributed by atoms with van der Waals surface area (Å²) in [6.07, 6.45) is 4.63. The van der Waals surface area contributed by atoms with Crippen LogP contribution >= 0.6 is 0 Å². The van der Waals surface area contributed by atoms with Crippen LogP contribution in [0.4, 0.5) is 0 Å². The zero-order valence-electron chi connectivity index (χ0n) is 12.0. The highest BCUT2D eigenvalue weighted by Crippen LogP contribution is 2.37. The molecule has 1 aliphatic carbocycles. The number of likely N-dealkylation sites (N-methyl/N-ethyl adjacent to an activating group) is 1. The van der Waals surface area contributed by atoms with Crippen molar-refractivity contribution in [3.05, 3.63) is 0 Å². The molecule has 3 heteroatoms. The molecular formula is C14H28N2O. The largest absolute Gasteiger partial charge is 0.358 e. The second-order valence-electron chi connectivity index (χ2n) is 6.40. The van der Waals surface area contributed by atoms with Crippen molar-refractivity contribution in [1.82, 2.24) is 10.6 Å². The summed E-state index contributed by atoms with van der Waals surface area (Å²) < 4.78 is 0. The zero-order chi connectivity index (χ0) is 13.1. The van der Waals surface area contributed by atoms with E-state index in [4.69, 9.17) is 0 Å². The third-order valence-corrected chi connectivity index (χ3v) is 3.93. The number of amides is 1. The average Bonchev–Trinajstić information content (AvgIpc) is 2.55. The van der Waals surface area contributed by atoms with Crippen LogP contribution in [0.3, 0.4) is 0 Å². The lowest BCUT2D eigenvalue weighted by Gasteiger charge is -2.32. The van der Waals surface area contributed by atoms with Crippen molar-refractivity contribution < 1.29 is 4.79 Å². The van der Waals surface area contributed by atoms with Gasteiger partial charge in [0.05, 0.1) is 6.04 Å². The number of hydrogen-bond donors (Lipinski definition) is 2. The molecule has 0 aromatic carbocycles. The van der Waals surface area contributed by atoms with E-state index < -0.39 is 0 Å². The van der Waals surface area contributed by atoms with Crippen LogP contribution in [0.25, 0.3) is 0 Å². The van der Waals surface area contributed by atoms with Crippen LogP contribution in [0.5, 0.6) is 0 Å². The predicted molar refractivity (Wildman–Crippen MR) is 71.9 cm³/mol. The summed E-state index contributed by atoms with van der Waals surface area (Å²) in [5, 5.41) is 6.35. The first kappa shape index (κ1) is 14.5. The fraction of sp³-hybridized carbons (Fsp3) is 0.929. The third-order valence-electron chi connectivity index (χ3n) is 3.93. The molecule has 0 aliphatic heterocycles. The molecule has 1 amide bonds. The molecule has 2 unspecified atom stereocenters. The van der Waals surface area contributed by atoms with E-state index >= 15 is 0 Å². The molecule has 100 valence electrons. The summed E-state index contributed by atoms with van der Waals surface area (Å²) >= 11 is 0. The molecule has 0 spiro atoms. The summed E-state index contributed by atoms with van der Waals surface area (Å²) in [6.45, 7) is 8.93. The lowest BCUT2D eigenvalue weighted by molar-refractivity contribution is -0.123. The summed E-state index contributed by atoms with van der Waals surface area (Å²) in [5.74, 6) is 0.663. The molecule has 3 nitrogen and oxygen atoms in total. The van der Waals surface area contributed by atoms with Crippen molar-refractivity contribution in [3.8, 4) is 0 Å². The van der Waals surface area contributed by atoms with Gasteiger partial charge in [-0.3, -0.25) is 4.79 Å². The van der Waals surface area contributed by atoms with Crippen LogP contribution in [-0.2, 0) is 4.79 Å². The molecule has 0 aromatic rings. The quantitative estimate of drug-likeness (QED) is 0.774. The zero-order valence-corrected chi connectivity index (χ0v) is 12.0. The fourth-order valence-electron chi connectivity index (χ4n) is 2.77. The Labute approximate surface area is 106 Å². The lowest BCUT2D eigenvalue weighted by Crippen LogP contribution is -2.51. The predicted octanol–water partition coefficient (Wildman–Crippen LogP) is 2.32. The van der Waals surface area contributed by atoms with Gasteiger partial charge in [-0.15, -0.1) is 0 Å². The number of rotatable bonds is 5. The van der Waals surface area contributed by atoms with Crippen molar-refractivity contribution in [2.75, 3.05) is 7.05 Å². The highest BCUT2D eigenvalue weighted by molar-refractivity contribution is 5.81. The fourth-order valence-corrected chi connectivity index (χ4v) is 2.77. The molecule has 0 bridgehead atoms. The molecule has 2 atom stereocenters. The van der Waals surface area contributed by atoms with E-state index in [0.29, 0.717) is 17.4 Å². The van der Waals surface area contributed by atoms with E-state index in [1.165, 1.54) is 19.3 Å². The Balaban J connectivity index is 2.62. The van der Waals surface area contributed by atoms with E-state index in [0.717, 1.165) is 6.42 Å². The van der Waals surface area contributed by atoms with Gasteiger partial charge in [-0.25, -0.2) is 0 Å². The first-order valence-electron chi connectivity index (χ1n) is 6.84. The van der Waals surface area contributed by atoms with Gasteiger partial charge < -0.3 is 10.6 Å². The minimum Gasteiger partial charge on any atom is -0.358 e. The van der Waals surface area contributed by atoms with Crippen LogP contribution in [0.2, 0.25) is 0 Å². The Morgan fingerprint density at radius 2 is 2.06 bits per heavy atom. The maximum atomic E-state index is 11.9. The Morgan fingerprint density at radius 1 is 1.41 bits per heavy atom. The Hall–Kier alpha value is -0.570. The smallest absolute Gasteiger partial charge is 0.236 e. The lowest BCUT2D eigenvalue weighted by atomic mass is 9.86. The maximum absolute atomic E-state index is 11.9. The van der Waals surface area contributed by atoms with Crippen LogP contribution < -0.4 is 10.6 Å². The summed E-state index contributed by atoms with van der Waals surface area (Å²) in [6, 6.07) is 0.436. The van der Waals surface area contributed by atoms with E-state index in [1.54, 1.807) is 7.05 Å². The molecular weight excluding hydrogens is 212 g/mol. The first-order valence-corrected chi connectivity index (χ1v) is 6.84. The van der Waals surface area contributed by atoms with E-state index in [2.05, 4.69) is 38.3 Å². The van der Waals surface area contributed by atoms with E-state index in [1.807, 2.05) is 0 Å². The molecule has 1 saturated carbocycles. The standard InChI is InChI=1S/C14H28N2O/c1-10(2)9-11(13(17)15-5)16-12-7-6-8-14(12,3)4/h10-12,16H,6-9H2,1-5H3,(H,15,17). The van der Waals surface area contributed by atoms with Crippen molar-refractivity contribution in [2.24, 2.45) is 11.3 Å². The molecule has 0 aromatic heterocycles. The van der Waals surface area contributed by atoms with Gasteiger partial charge in [-0.1, -0.05) is 34.1 Å². The minimum atomic E-state index is -0.0395. The molecule has 0 saturated heterocycles. The monoisotopic (exact) mass is 240 g/mol. The maximum Gasteiger partial charge on any atom is 0.236 e. The molecule has 17 heavy (non-hydrogen) atoms. The van der Waals surface area contributed by atoms with Gasteiger partial charge in [-0.2, -0.15) is 0 Å². The van der Waals surface area contributed by atoms with Gasteiger partial charge >= 0.3 is 0 Å². The second-order valence-corrected chi connectivity index (χ2v) is 6.40. The van der Waals surface area contributed by atoms with Gasteiger partial charge in [0.1, 0.15) is 0 Å². The van der Waals surface area contributed by atoms with Crippen molar-refractivity contribution in [2.45, 2.75) is 65.5 Å². The van der Waals surface area contributed by atoms with Gasteiger partial charge in [0.2, 0.25) is 5.91 Å². The van der Waals surface area contributed by atoms with E-state index in [-0.39, 0.29) is 11.9 Å². The van der Waals surface area contributed by atoms with Crippen LogP contribution in [-0.4, -0.2) is 25.0 Å². The third kappa shape index (κ3) is 3.98. The molecule has 1 fully saturated rings. The Morgan fingerprint density at radius 3 is 2.47 bits per heavy atom. The van der Waals surface area contributed by atoms with Crippen molar-refractivity contribution in [1.29, 1.82) is 0 Å². The highest BCUT2D eigenvalue weighted by Gasteiger charge is 2.36. The number of hydrogen-bond acceptors (Lipinski definition) is 2. The van der Waals surface area contributed by atoms with Gasteiger partial charge in [0.15, 0.2) is 0 Å². The van der Waals surface area contributed by atoms with E-state index in [9.17, 15) is 4.79 Å². The normalized spacial score (nSPS) is 24.9. The number of nitrogens with one attached hydrogen (secondary N) is 2. The van der Waals surface area contributed by atoms with Crippen molar-refractivity contribution >= 4 is 5.91 Å². The molecule has 0 heterocycles. The van der Waals surface area contributed by atoms with Gasteiger partial charge in [0.25, 0.3) is 0 Å². The summed E-state index contributed by atoms with van der Waals surface area (Å²) in [4.78, 5) is 11.9. The number of carbonyl (C=O) groups excluding carboxylic acids is 1. The second kappa shape index (κ2) is 5.85. The molecule has 0 radical (unpaired) electrons. The Kier molecular flexibility index (Phi) is 4.99. The summed E-state index contributed by atoms with van der Waals surface area (Å²) in [5.41, 5.74) is 0.323. The summed E-state index contributed by atoms with van der Waals surface area (Å²) in [7, 11) is 1.72. The van der Waals surface area contributed by atoms with Crippen LogP contribution in [0, 0.1) is 11.3 Å². The first-order chi connectivity index (χ1) is 7.86.